The van der Waals surface area contributed by atoms with Crippen molar-refractivity contribution in [2.45, 2.75) is 6.54 Å². The molecular weight excluding hydrogens is 338 g/mol. The van der Waals surface area contributed by atoms with Crippen LogP contribution in [0.3, 0.4) is 0 Å². The van der Waals surface area contributed by atoms with Crippen LogP contribution in [0, 0.1) is 0 Å². The van der Waals surface area contributed by atoms with Gasteiger partial charge in [0, 0.05) is 12.1 Å². The van der Waals surface area contributed by atoms with Gasteiger partial charge in [-0.3, -0.25) is 4.79 Å². The molecule has 0 saturated carbocycles. The third kappa shape index (κ3) is 3.77. The van der Waals surface area contributed by atoms with Crippen molar-refractivity contribution in [2.75, 3.05) is 35.5 Å². The van der Waals surface area contributed by atoms with E-state index in [1.165, 1.54) is 28.4 Å². The molecule has 0 aromatic heterocycles. The van der Waals surface area contributed by atoms with Crippen LogP contribution in [0.25, 0.3) is 0 Å². The van der Waals surface area contributed by atoms with E-state index >= 15 is 0 Å². The van der Waals surface area contributed by atoms with Crippen LogP contribution in [0.15, 0.2) is 30.3 Å². The van der Waals surface area contributed by atoms with Gasteiger partial charge in [0.1, 0.15) is 0 Å². The molecule has 0 atom stereocenters. The van der Waals surface area contributed by atoms with Crippen molar-refractivity contribution >= 4 is 5.91 Å². The van der Waals surface area contributed by atoms with Crippen molar-refractivity contribution in [1.82, 2.24) is 5.32 Å². The topological polar surface area (TPSA) is 75.3 Å². The number of amides is 1. The minimum atomic E-state index is -0.294. The molecule has 0 unspecified atom stereocenters. The molecule has 2 aromatic rings. The summed E-state index contributed by atoms with van der Waals surface area (Å²) < 4.78 is 26.6. The SMILES string of the molecule is COc1cccc(C(=O)NCc2ccc(OC)c(OC)c2OC)c1OC. The van der Waals surface area contributed by atoms with Crippen molar-refractivity contribution in [3.05, 3.63) is 41.5 Å². The molecule has 1 amide bonds. The number of nitrogens with one attached hydrogen (secondary N) is 1. The lowest BCUT2D eigenvalue weighted by molar-refractivity contribution is 0.0947. The van der Waals surface area contributed by atoms with Crippen molar-refractivity contribution in [1.29, 1.82) is 0 Å². The number of hydrogen-bond acceptors (Lipinski definition) is 6. The Bertz CT molecular complexity index is 775. The minimum Gasteiger partial charge on any atom is -0.493 e. The molecule has 7 heteroatoms. The van der Waals surface area contributed by atoms with Crippen LogP contribution < -0.4 is 29.0 Å². The first-order chi connectivity index (χ1) is 12.6. The summed E-state index contributed by atoms with van der Waals surface area (Å²) in [5.74, 6) is 2.10. The summed E-state index contributed by atoms with van der Waals surface area (Å²) in [7, 11) is 7.63. The van der Waals surface area contributed by atoms with Crippen LogP contribution in [0.1, 0.15) is 15.9 Å². The van der Waals surface area contributed by atoms with Gasteiger partial charge in [-0.1, -0.05) is 6.07 Å². The van der Waals surface area contributed by atoms with E-state index in [1.807, 2.05) is 6.07 Å². The average molecular weight is 361 g/mol. The Morgan fingerprint density at radius 2 is 1.38 bits per heavy atom. The van der Waals surface area contributed by atoms with Gasteiger partial charge in [0.25, 0.3) is 5.91 Å². The molecule has 0 fully saturated rings. The second-order valence-corrected chi connectivity index (χ2v) is 5.22. The molecule has 0 aliphatic rings. The molecule has 26 heavy (non-hydrogen) atoms. The zero-order chi connectivity index (χ0) is 19.1. The van der Waals surface area contributed by atoms with Crippen LogP contribution in [0.5, 0.6) is 28.7 Å². The Morgan fingerprint density at radius 1 is 0.769 bits per heavy atom. The third-order valence-electron chi connectivity index (χ3n) is 3.87. The summed E-state index contributed by atoms with van der Waals surface area (Å²) in [4.78, 5) is 12.6. The number of benzene rings is 2. The highest BCUT2D eigenvalue weighted by Crippen LogP contribution is 2.39. The van der Waals surface area contributed by atoms with Crippen molar-refractivity contribution in [3.63, 3.8) is 0 Å². The van der Waals surface area contributed by atoms with Gasteiger partial charge >= 0.3 is 0 Å². The van der Waals surface area contributed by atoms with Crippen LogP contribution in [0.2, 0.25) is 0 Å². The lowest BCUT2D eigenvalue weighted by Crippen LogP contribution is -2.23. The molecule has 0 spiro atoms. The smallest absolute Gasteiger partial charge is 0.255 e. The molecule has 2 rings (SSSR count). The maximum atomic E-state index is 12.6. The molecular formula is C19H23NO6. The van der Waals surface area contributed by atoms with Gasteiger partial charge in [0.2, 0.25) is 5.75 Å². The summed E-state index contributed by atoms with van der Waals surface area (Å²) in [6, 6.07) is 8.70. The van der Waals surface area contributed by atoms with E-state index in [1.54, 1.807) is 31.4 Å². The highest BCUT2D eigenvalue weighted by molar-refractivity contribution is 5.97. The summed E-state index contributed by atoms with van der Waals surface area (Å²) in [5, 5.41) is 2.85. The number of carbonyl (C=O) groups excluding carboxylic acids is 1. The zero-order valence-corrected chi connectivity index (χ0v) is 15.5. The zero-order valence-electron chi connectivity index (χ0n) is 15.5. The molecule has 0 heterocycles. The molecule has 0 aliphatic carbocycles. The van der Waals surface area contributed by atoms with Crippen LogP contribution >= 0.6 is 0 Å². The number of rotatable bonds is 8. The Labute approximate surface area is 152 Å². The lowest BCUT2D eigenvalue weighted by Gasteiger charge is -2.16. The third-order valence-corrected chi connectivity index (χ3v) is 3.87. The van der Waals surface area contributed by atoms with E-state index in [0.717, 1.165) is 5.56 Å². The molecule has 0 saturated heterocycles. The Morgan fingerprint density at radius 3 is 1.96 bits per heavy atom. The molecule has 0 aliphatic heterocycles. The summed E-state index contributed by atoms with van der Waals surface area (Å²) in [6.07, 6.45) is 0. The fraction of sp³-hybridized carbons (Fsp3) is 0.316. The van der Waals surface area contributed by atoms with Gasteiger partial charge in [-0.2, -0.15) is 0 Å². The molecule has 0 bridgehead atoms. The first-order valence-electron chi connectivity index (χ1n) is 7.88. The van der Waals surface area contributed by atoms with E-state index in [0.29, 0.717) is 34.3 Å². The fourth-order valence-corrected chi connectivity index (χ4v) is 2.64. The van der Waals surface area contributed by atoms with E-state index in [-0.39, 0.29) is 12.5 Å². The highest BCUT2D eigenvalue weighted by Gasteiger charge is 2.19. The summed E-state index contributed by atoms with van der Waals surface area (Å²) >= 11 is 0. The summed E-state index contributed by atoms with van der Waals surface area (Å²) in [6.45, 7) is 0.239. The molecule has 0 radical (unpaired) electrons. The van der Waals surface area contributed by atoms with Crippen LogP contribution in [-0.2, 0) is 6.54 Å². The monoisotopic (exact) mass is 361 g/mol. The molecule has 140 valence electrons. The average Bonchev–Trinajstić information content (AvgIpc) is 2.69. The van der Waals surface area contributed by atoms with Gasteiger partial charge in [0.05, 0.1) is 41.1 Å². The predicted octanol–water partition coefficient (Wildman–Crippen LogP) is 2.66. The van der Waals surface area contributed by atoms with Gasteiger partial charge < -0.3 is 29.0 Å². The van der Waals surface area contributed by atoms with Gasteiger partial charge in [-0.05, 0) is 24.3 Å². The van der Waals surface area contributed by atoms with E-state index in [9.17, 15) is 4.79 Å². The summed E-state index contributed by atoms with van der Waals surface area (Å²) in [5.41, 5.74) is 1.13. The van der Waals surface area contributed by atoms with E-state index in [2.05, 4.69) is 5.32 Å². The normalized spacial score (nSPS) is 10.0. The highest BCUT2D eigenvalue weighted by atomic mass is 16.5. The van der Waals surface area contributed by atoms with Crippen molar-refractivity contribution in [3.8, 4) is 28.7 Å². The maximum absolute atomic E-state index is 12.6. The van der Waals surface area contributed by atoms with E-state index < -0.39 is 0 Å². The van der Waals surface area contributed by atoms with Crippen LogP contribution in [0.4, 0.5) is 0 Å². The predicted molar refractivity (Wildman–Crippen MR) is 96.8 cm³/mol. The van der Waals surface area contributed by atoms with E-state index in [4.69, 9.17) is 23.7 Å². The number of methoxy groups -OCH3 is 5. The number of hydrogen-bond donors (Lipinski definition) is 1. The minimum absolute atomic E-state index is 0.239. The first-order valence-corrected chi connectivity index (χ1v) is 7.88. The second-order valence-electron chi connectivity index (χ2n) is 5.22. The molecule has 7 nitrogen and oxygen atoms in total. The number of ether oxygens (including phenoxy) is 5. The van der Waals surface area contributed by atoms with Gasteiger partial charge in [-0.15, -0.1) is 0 Å². The largest absolute Gasteiger partial charge is 0.493 e. The fourth-order valence-electron chi connectivity index (χ4n) is 2.64. The standard InChI is InChI=1S/C19H23NO6/c1-22-14-8-6-7-13(17(14)25-4)19(21)20-11-12-9-10-15(23-2)18(26-5)16(12)24-3/h6-10H,11H2,1-5H3,(H,20,21). The first kappa shape index (κ1) is 19.2. The number of para-hydroxylation sites is 1. The Hall–Kier alpha value is -3.09. The van der Waals surface area contributed by atoms with Gasteiger partial charge in [-0.25, -0.2) is 0 Å². The van der Waals surface area contributed by atoms with Crippen molar-refractivity contribution in [2.24, 2.45) is 0 Å². The molecule has 2 aromatic carbocycles. The molecule has 1 N–H and O–H groups in total. The maximum Gasteiger partial charge on any atom is 0.255 e. The van der Waals surface area contributed by atoms with Gasteiger partial charge in [0.15, 0.2) is 23.0 Å². The lowest BCUT2D eigenvalue weighted by atomic mass is 10.1. The Balaban J connectivity index is 2.25. The Kier molecular flexibility index (Phi) is 6.54. The second kappa shape index (κ2) is 8.84. The number of carbonyl (C=O) groups is 1. The quantitative estimate of drug-likeness (QED) is 0.779. The van der Waals surface area contributed by atoms with Crippen molar-refractivity contribution < 1.29 is 28.5 Å². The van der Waals surface area contributed by atoms with Crippen LogP contribution in [-0.4, -0.2) is 41.5 Å².